The van der Waals surface area contributed by atoms with Crippen LogP contribution in [0, 0.1) is 0 Å². The van der Waals surface area contributed by atoms with Crippen molar-refractivity contribution in [2.45, 2.75) is 0 Å². The molecule has 2 heterocycles. The molecular weight excluding hydrogens is 366 g/mol. The highest BCUT2D eigenvalue weighted by Crippen LogP contribution is 2.34. The lowest BCUT2D eigenvalue weighted by Gasteiger charge is -2.11. The Balaban J connectivity index is 1.68. The van der Waals surface area contributed by atoms with E-state index in [0.717, 1.165) is 22.2 Å². The number of aromatic amines is 1. The van der Waals surface area contributed by atoms with E-state index in [4.69, 9.17) is 21.1 Å². The van der Waals surface area contributed by atoms with Crippen LogP contribution >= 0.6 is 11.6 Å². The van der Waals surface area contributed by atoms with Crippen molar-refractivity contribution in [3.05, 3.63) is 53.8 Å². The number of H-pyrrole nitrogens is 1. The number of hydrogen-bond donors (Lipinski definition) is 2. The fourth-order valence-corrected chi connectivity index (χ4v) is 2.89. The third-order valence-corrected chi connectivity index (χ3v) is 4.37. The van der Waals surface area contributed by atoms with Gasteiger partial charge in [-0.05, 0) is 23.8 Å². The number of hydrogen-bond acceptors (Lipinski definition) is 6. The van der Waals surface area contributed by atoms with E-state index in [9.17, 15) is 0 Å². The van der Waals surface area contributed by atoms with Gasteiger partial charge in [-0.2, -0.15) is 5.10 Å². The van der Waals surface area contributed by atoms with Crippen molar-refractivity contribution in [2.75, 3.05) is 19.5 Å². The van der Waals surface area contributed by atoms with E-state index in [0.29, 0.717) is 28.2 Å². The molecule has 0 aliphatic carbocycles. The molecule has 4 rings (SSSR count). The van der Waals surface area contributed by atoms with Crippen LogP contribution in [0.15, 0.2) is 48.8 Å². The molecule has 8 heteroatoms. The summed E-state index contributed by atoms with van der Waals surface area (Å²) >= 11 is 5.94. The van der Waals surface area contributed by atoms with Crippen LogP contribution in [0.2, 0.25) is 5.02 Å². The maximum absolute atomic E-state index is 5.94. The van der Waals surface area contributed by atoms with Crippen LogP contribution < -0.4 is 14.8 Å². The third kappa shape index (κ3) is 3.37. The van der Waals surface area contributed by atoms with Crippen LogP contribution in [-0.4, -0.2) is 34.4 Å². The van der Waals surface area contributed by atoms with Gasteiger partial charge >= 0.3 is 0 Å². The number of nitrogens with one attached hydrogen (secondary N) is 2. The number of aromatic nitrogens is 4. The molecule has 0 bridgehead atoms. The van der Waals surface area contributed by atoms with Crippen LogP contribution in [0.5, 0.6) is 11.5 Å². The van der Waals surface area contributed by atoms with Crippen molar-refractivity contribution >= 4 is 34.1 Å². The van der Waals surface area contributed by atoms with E-state index in [2.05, 4.69) is 25.5 Å². The number of anilines is 2. The molecule has 0 radical (unpaired) electrons. The van der Waals surface area contributed by atoms with Gasteiger partial charge in [-0.3, -0.25) is 5.10 Å². The molecule has 2 aromatic heterocycles. The first-order valence-corrected chi connectivity index (χ1v) is 8.51. The van der Waals surface area contributed by atoms with E-state index in [1.807, 2.05) is 42.5 Å². The average Bonchev–Trinajstić information content (AvgIpc) is 3.16. The van der Waals surface area contributed by atoms with Gasteiger partial charge in [-0.1, -0.05) is 23.7 Å². The van der Waals surface area contributed by atoms with Gasteiger partial charge in [-0.15, -0.1) is 0 Å². The van der Waals surface area contributed by atoms with E-state index in [1.165, 1.54) is 6.33 Å². The number of ether oxygens (including phenoxy) is 2. The zero-order chi connectivity index (χ0) is 18.8. The van der Waals surface area contributed by atoms with E-state index < -0.39 is 0 Å². The van der Waals surface area contributed by atoms with Gasteiger partial charge in [0.1, 0.15) is 12.1 Å². The Labute approximate surface area is 160 Å². The summed E-state index contributed by atoms with van der Waals surface area (Å²) in [5, 5.41) is 12.0. The molecule has 0 aliphatic rings. The second-order valence-corrected chi connectivity index (χ2v) is 6.18. The quantitative estimate of drug-likeness (QED) is 0.531. The van der Waals surface area contributed by atoms with Gasteiger partial charge in [0, 0.05) is 22.5 Å². The van der Waals surface area contributed by atoms with E-state index >= 15 is 0 Å². The predicted molar refractivity (Wildman–Crippen MR) is 105 cm³/mol. The number of rotatable bonds is 5. The van der Waals surface area contributed by atoms with Crippen molar-refractivity contribution < 1.29 is 9.47 Å². The van der Waals surface area contributed by atoms with Crippen molar-refractivity contribution in [2.24, 2.45) is 0 Å². The van der Waals surface area contributed by atoms with Gasteiger partial charge in [0.05, 0.1) is 25.4 Å². The SMILES string of the molecule is COc1cc2ncnc(Nc3cc(-c4ccc(Cl)cc4)[nH]n3)c2cc1OC. The Hall–Kier alpha value is -3.32. The summed E-state index contributed by atoms with van der Waals surface area (Å²) in [5.74, 6) is 2.47. The van der Waals surface area contributed by atoms with Crippen LogP contribution in [-0.2, 0) is 0 Å². The van der Waals surface area contributed by atoms with Gasteiger partial charge in [0.2, 0.25) is 0 Å². The molecule has 2 N–H and O–H groups in total. The largest absolute Gasteiger partial charge is 0.493 e. The maximum atomic E-state index is 5.94. The monoisotopic (exact) mass is 381 g/mol. The van der Waals surface area contributed by atoms with E-state index in [1.54, 1.807) is 14.2 Å². The Morgan fingerprint density at radius 3 is 2.44 bits per heavy atom. The fraction of sp³-hybridized carbons (Fsp3) is 0.105. The Morgan fingerprint density at radius 2 is 1.70 bits per heavy atom. The molecule has 7 nitrogen and oxygen atoms in total. The summed E-state index contributed by atoms with van der Waals surface area (Å²) in [5.41, 5.74) is 2.59. The first kappa shape index (κ1) is 17.1. The summed E-state index contributed by atoms with van der Waals surface area (Å²) in [4.78, 5) is 8.64. The maximum Gasteiger partial charge on any atom is 0.162 e. The first-order chi connectivity index (χ1) is 13.2. The molecule has 136 valence electrons. The van der Waals surface area contributed by atoms with Crippen LogP contribution in [0.25, 0.3) is 22.2 Å². The van der Waals surface area contributed by atoms with Crippen molar-refractivity contribution in [1.82, 2.24) is 20.2 Å². The zero-order valence-corrected chi connectivity index (χ0v) is 15.4. The molecule has 0 fully saturated rings. The molecule has 0 aliphatic heterocycles. The van der Waals surface area contributed by atoms with Crippen LogP contribution in [0.3, 0.4) is 0 Å². The number of benzene rings is 2. The second-order valence-electron chi connectivity index (χ2n) is 5.75. The lowest BCUT2D eigenvalue weighted by Crippen LogP contribution is -1.98. The summed E-state index contributed by atoms with van der Waals surface area (Å²) in [6.07, 6.45) is 1.49. The first-order valence-electron chi connectivity index (χ1n) is 8.13. The van der Waals surface area contributed by atoms with Gasteiger partial charge < -0.3 is 14.8 Å². The molecular formula is C19H16ClN5O2. The number of methoxy groups -OCH3 is 2. The zero-order valence-electron chi connectivity index (χ0n) is 14.7. The number of halogens is 1. The molecule has 0 unspecified atom stereocenters. The topological polar surface area (TPSA) is 85.0 Å². The summed E-state index contributed by atoms with van der Waals surface area (Å²) < 4.78 is 10.7. The highest BCUT2D eigenvalue weighted by Gasteiger charge is 2.12. The smallest absolute Gasteiger partial charge is 0.162 e. The van der Waals surface area contributed by atoms with E-state index in [-0.39, 0.29) is 0 Å². The Kier molecular flexibility index (Phi) is 4.52. The number of nitrogens with zero attached hydrogens (tertiary/aromatic N) is 3. The normalized spacial score (nSPS) is 10.8. The molecule has 0 atom stereocenters. The van der Waals surface area contributed by atoms with Gasteiger partial charge in [0.25, 0.3) is 0 Å². The van der Waals surface area contributed by atoms with Crippen LogP contribution in [0.4, 0.5) is 11.6 Å². The Bertz CT molecular complexity index is 1100. The molecule has 2 aromatic carbocycles. The standard InChI is InChI=1S/C19H16ClN5O2/c1-26-16-7-13-15(8-17(16)27-2)21-10-22-19(13)23-18-9-14(24-25-18)11-3-5-12(20)6-4-11/h3-10H,1-2H3,(H2,21,22,23,24,25). The molecule has 0 amide bonds. The minimum atomic E-state index is 0.603. The van der Waals surface area contributed by atoms with Crippen molar-refractivity contribution in [3.8, 4) is 22.8 Å². The van der Waals surface area contributed by atoms with Gasteiger partial charge in [-0.25, -0.2) is 9.97 Å². The van der Waals surface area contributed by atoms with Gasteiger partial charge in [0.15, 0.2) is 17.3 Å². The fourth-order valence-electron chi connectivity index (χ4n) is 2.77. The molecule has 0 saturated carbocycles. The van der Waals surface area contributed by atoms with Crippen molar-refractivity contribution in [3.63, 3.8) is 0 Å². The minimum absolute atomic E-state index is 0.603. The predicted octanol–water partition coefficient (Wildman–Crippen LogP) is 4.43. The molecule has 27 heavy (non-hydrogen) atoms. The van der Waals surface area contributed by atoms with Crippen molar-refractivity contribution in [1.29, 1.82) is 0 Å². The lowest BCUT2D eigenvalue weighted by molar-refractivity contribution is 0.356. The summed E-state index contributed by atoms with van der Waals surface area (Å²) in [6, 6.07) is 13.1. The molecule has 4 aromatic rings. The summed E-state index contributed by atoms with van der Waals surface area (Å²) in [7, 11) is 3.18. The van der Waals surface area contributed by atoms with Crippen LogP contribution in [0.1, 0.15) is 0 Å². The lowest BCUT2D eigenvalue weighted by atomic mass is 10.1. The Morgan fingerprint density at radius 1 is 0.963 bits per heavy atom. The molecule has 0 saturated heterocycles. The third-order valence-electron chi connectivity index (χ3n) is 4.12. The second kappa shape index (κ2) is 7.13. The highest BCUT2D eigenvalue weighted by atomic mass is 35.5. The molecule has 0 spiro atoms. The summed E-state index contributed by atoms with van der Waals surface area (Å²) in [6.45, 7) is 0. The average molecular weight is 382 g/mol. The minimum Gasteiger partial charge on any atom is -0.493 e. The number of fused-ring (bicyclic) bond motifs is 1. The highest BCUT2D eigenvalue weighted by molar-refractivity contribution is 6.30.